The van der Waals surface area contributed by atoms with Gasteiger partial charge in [-0.05, 0) is 40.5 Å². The molecular weight excluding hydrogens is 288 g/mol. The Bertz CT molecular complexity index is 1080. The van der Waals surface area contributed by atoms with Crippen LogP contribution in [0.5, 0.6) is 0 Å². The van der Waals surface area contributed by atoms with Crippen molar-refractivity contribution in [3.8, 4) is 11.1 Å². The number of thiophene rings is 1. The summed E-state index contributed by atoms with van der Waals surface area (Å²) in [7, 11) is 0. The topological polar surface area (TPSA) is 12.5 Å². The van der Waals surface area contributed by atoms with E-state index in [1.807, 2.05) is 11.3 Å². The van der Waals surface area contributed by atoms with Crippen LogP contribution in [0.4, 0.5) is 0 Å². The molecule has 0 N–H and O–H groups in total. The van der Waals surface area contributed by atoms with Crippen molar-refractivity contribution in [3.63, 3.8) is 0 Å². The van der Waals surface area contributed by atoms with Crippen molar-refractivity contribution in [3.05, 3.63) is 71.8 Å². The Morgan fingerprint density at radius 1 is 0.682 bits per heavy atom. The minimum atomic E-state index is 0.257. The standard InChI is InChI=1S/C20H12OS/c1-2-7-13-11(5-1)14-10-18-15(9-16(14)20-19(13)21-20)12-6-3-4-8-17(12)22-18/h1-10,19-20H. The van der Waals surface area contributed by atoms with Gasteiger partial charge in [-0.15, -0.1) is 11.3 Å². The highest BCUT2D eigenvalue weighted by Crippen LogP contribution is 2.60. The third kappa shape index (κ3) is 1.32. The van der Waals surface area contributed by atoms with Crippen LogP contribution in [0.15, 0.2) is 60.7 Å². The van der Waals surface area contributed by atoms with Crippen LogP contribution in [0.1, 0.15) is 23.3 Å². The number of hydrogen-bond donors (Lipinski definition) is 0. The Morgan fingerprint density at radius 2 is 1.50 bits per heavy atom. The van der Waals surface area contributed by atoms with E-state index >= 15 is 0 Å². The van der Waals surface area contributed by atoms with Gasteiger partial charge in [0, 0.05) is 20.2 Å². The normalized spacial score (nSPS) is 21.5. The van der Waals surface area contributed by atoms with Gasteiger partial charge in [0.25, 0.3) is 0 Å². The highest BCUT2D eigenvalue weighted by molar-refractivity contribution is 7.25. The van der Waals surface area contributed by atoms with Crippen molar-refractivity contribution in [2.45, 2.75) is 12.2 Å². The fourth-order valence-corrected chi connectivity index (χ4v) is 4.96. The van der Waals surface area contributed by atoms with Gasteiger partial charge in [-0.25, -0.2) is 0 Å². The minimum absolute atomic E-state index is 0.257. The zero-order valence-electron chi connectivity index (χ0n) is 11.7. The molecule has 22 heavy (non-hydrogen) atoms. The van der Waals surface area contributed by atoms with E-state index in [4.69, 9.17) is 4.74 Å². The van der Waals surface area contributed by atoms with Gasteiger partial charge < -0.3 is 4.74 Å². The van der Waals surface area contributed by atoms with Crippen LogP contribution in [-0.2, 0) is 4.74 Å². The van der Waals surface area contributed by atoms with Gasteiger partial charge in [0.05, 0.1) is 0 Å². The van der Waals surface area contributed by atoms with E-state index in [1.54, 1.807) is 0 Å². The summed E-state index contributed by atoms with van der Waals surface area (Å²) in [6, 6.07) is 22.1. The summed E-state index contributed by atoms with van der Waals surface area (Å²) < 4.78 is 8.70. The zero-order chi connectivity index (χ0) is 14.3. The van der Waals surface area contributed by atoms with Crippen molar-refractivity contribution in [2.24, 2.45) is 0 Å². The molecule has 1 fully saturated rings. The number of hydrogen-bond acceptors (Lipinski definition) is 2. The predicted molar refractivity (Wildman–Crippen MR) is 91.3 cm³/mol. The molecule has 1 saturated heterocycles. The Morgan fingerprint density at radius 3 is 2.50 bits per heavy atom. The first-order chi connectivity index (χ1) is 10.9. The Hall–Kier alpha value is -2.16. The summed E-state index contributed by atoms with van der Waals surface area (Å²) >= 11 is 1.88. The van der Waals surface area contributed by atoms with E-state index in [1.165, 1.54) is 42.4 Å². The SMILES string of the molecule is c1ccc2c(c1)-c1cc3sc4ccccc4c3cc1C1OC21. The highest BCUT2D eigenvalue weighted by Gasteiger charge is 2.47. The van der Waals surface area contributed by atoms with Crippen LogP contribution in [0.25, 0.3) is 31.3 Å². The van der Waals surface area contributed by atoms with Crippen LogP contribution in [0.2, 0.25) is 0 Å². The molecule has 2 atom stereocenters. The summed E-state index contributed by atoms with van der Waals surface area (Å²) in [4.78, 5) is 0. The number of benzene rings is 3. The molecule has 2 aliphatic rings. The molecule has 3 aromatic carbocycles. The lowest BCUT2D eigenvalue weighted by Gasteiger charge is -2.16. The molecule has 0 spiro atoms. The van der Waals surface area contributed by atoms with Gasteiger partial charge in [0.2, 0.25) is 0 Å². The molecule has 1 aromatic heterocycles. The van der Waals surface area contributed by atoms with E-state index < -0.39 is 0 Å². The van der Waals surface area contributed by atoms with Crippen LogP contribution in [-0.4, -0.2) is 0 Å². The fourth-order valence-electron chi connectivity index (χ4n) is 3.83. The van der Waals surface area contributed by atoms with Crippen molar-refractivity contribution < 1.29 is 4.74 Å². The molecule has 2 heteroatoms. The monoisotopic (exact) mass is 300 g/mol. The average Bonchev–Trinajstić information content (AvgIpc) is 3.29. The highest BCUT2D eigenvalue weighted by atomic mass is 32.1. The summed E-state index contributed by atoms with van der Waals surface area (Å²) in [5.41, 5.74) is 5.41. The van der Waals surface area contributed by atoms with Gasteiger partial charge in [-0.3, -0.25) is 0 Å². The Kier molecular flexibility index (Phi) is 1.96. The first kappa shape index (κ1) is 11.4. The van der Waals surface area contributed by atoms with Crippen molar-refractivity contribution in [2.75, 3.05) is 0 Å². The third-order valence-corrected chi connectivity index (χ3v) is 6.04. The van der Waals surface area contributed by atoms with Gasteiger partial charge in [-0.1, -0.05) is 42.5 Å². The summed E-state index contributed by atoms with van der Waals surface area (Å²) in [5, 5.41) is 2.73. The smallest absolute Gasteiger partial charge is 0.114 e. The lowest BCUT2D eigenvalue weighted by molar-refractivity contribution is 0.380. The van der Waals surface area contributed by atoms with Crippen LogP contribution >= 0.6 is 11.3 Å². The van der Waals surface area contributed by atoms with E-state index in [0.717, 1.165) is 0 Å². The third-order valence-electron chi connectivity index (χ3n) is 4.90. The van der Waals surface area contributed by atoms with E-state index in [2.05, 4.69) is 60.7 Å². The fraction of sp³-hybridized carbons (Fsp3) is 0.100. The van der Waals surface area contributed by atoms with E-state index in [9.17, 15) is 0 Å². The van der Waals surface area contributed by atoms with Crippen molar-refractivity contribution in [1.82, 2.24) is 0 Å². The van der Waals surface area contributed by atoms with E-state index in [0.29, 0.717) is 0 Å². The molecule has 1 aliphatic carbocycles. The average molecular weight is 300 g/mol. The first-order valence-corrected chi connectivity index (χ1v) is 8.42. The molecule has 1 aliphatic heterocycles. The minimum Gasteiger partial charge on any atom is -0.359 e. The zero-order valence-corrected chi connectivity index (χ0v) is 12.6. The van der Waals surface area contributed by atoms with E-state index in [-0.39, 0.29) is 12.2 Å². The molecule has 6 rings (SSSR count). The Labute approximate surface area is 131 Å². The second-order valence-electron chi connectivity index (χ2n) is 6.10. The van der Waals surface area contributed by atoms with Crippen LogP contribution < -0.4 is 0 Å². The molecule has 4 aromatic rings. The second-order valence-corrected chi connectivity index (χ2v) is 7.18. The summed E-state index contributed by atoms with van der Waals surface area (Å²) in [6.45, 7) is 0. The lowest BCUT2D eigenvalue weighted by atomic mass is 9.85. The quantitative estimate of drug-likeness (QED) is 0.371. The van der Waals surface area contributed by atoms with Crippen LogP contribution in [0.3, 0.4) is 0 Å². The molecule has 0 bridgehead atoms. The summed E-state index contributed by atoms with van der Waals surface area (Å²) in [5.74, 6) is 0. The molecule has 2 unspecified atom stereocenters. The summed E-state index contributed by atoms with van der Waals surface area (Å²) in [6.07, 6.45) is 0.527. The van der Waals surface area contributed by atoms with Gasteiger partial charge >= 0.3 is 0 Å². The molecule has 1 nitrogen and oxygen atoms in total. The maximum atomic E-state index is 5.97. The lowest BCUT2D eigenvalue weighted by Crippen LogP contribution is -1.98. The molecule has 104 valence electrons. The van der Waals surface area contributed by atoms with Gasteiger partial charge in [0.15, 0.2) is 0 Å². The predicted octanol–water partition coefficient (Wildman–Crippen LogP) is 5.85. The number of rotatable bonds is 0. The number of fused-ring (bicyclic) bond motifs is 9. The molecule has 0 saturated carbocycles. The molecule has 0 amide bonds. The number of ether oxygens (including phenoxy) is 1. The van der Waals surface area contributed by atoms with Gasteiger partial charge in [0.1, 0.15) is 12.2 Å². The number of epoxide rings is 1. The second kappa shape index (κ2) is 3.78. The first-order valence-electron chi connectivity index (χ1n) is 7.60. The molecule has 0 radical (unpaired) electrons. The molecule has 2 heterocycles. The van der Waals surface area contributed by atoms with Crippen molar-refractivity contribution >= 4 is 31.5 Å². The largest absolute Gasteiger partial charge is 0.359 e. The van der Waals surface area contributed by atoms with Crippen molar-refractivity contribution in [1.29, 1.82) is 0 Å². The van der Waals surface area contributed by atoms with Crippen LogP contribution in [0, 0.1) is 0 Å². The maximum Gasteiger partial charge on any atom is 0.114 e. The van der Waals surface area contributed by atoms with Gasteiger partial charge in [-0.2, -0.15) is 0 Å². The molecular formula is C20H12OS. The Balaban J connectivity index is 1.76. The maximum absolute atomic E-state index is 5.97.